The van der Waals surface area contributed by atoms with Gasteiger partial charge in [0.1, 0.15) is 0 Å². The second-order valence-electron chi connectivity index (χ2n) is 4.60. The fourth-order valence-electron chi connectivity index (χ4n) is 1.33. The molecule has 0 radical (unpaired) electrons. The summed E-state index contributed by atoms with van der Waals surface area (Å²) in [5, 5.41) is 3.14. The molecule has 1 heterocycles. The third-order valence-corrected chi connectivity index (χ3v) is 1.80. The standard InChI is InChI=1S/C10H19N3/c1-10(2,3)7-13-8-12-6-9(13)5-11-4/h6,8,11H,5,7H2,1-4H3. The average molecular weight is 181 g/mol. The maximum absolute atomic E-state index is 4.15. The Hall–Kier alpha value is -0.830. The van der Waals surface area contributed by atoms with Crippen molar-refractivity contribution in [2.75, 3.05) is 7.05 Å². The first-order valence-corrected chi connectivity index (χ1v) is 4.66. The van der Waals surface area contributed by atoms with E-state index < -0.39 is 0 Å². The van der Waals surface area contributed by atoms with E-state index in [1.54, 1.807) is 0 Å². The number of aromatic nitrogens is 2. The number of hydrogen-bond acceptors (Lipinski definition) is 2. The van der Waals surface area contributed by atoms with E-state index in [9.17, 15) is 0 Å². The molecule has 0 aliphatic rings. The lowest BCUT2D eigenvalue weighted by atomic mass is 9.97. The Morgan fingerprint density at radius 3 is 2.69 bits per heavy atom. The fraction of sp³-hybridized carbons (Fsp3) is 0.700. The van der Waals surface area contributed by atoms with Crippen LogP contribution in [0.2, 0.25) is 0 Å². The lowest BCUT2D eigenvalue weighted by Gasteiger charge is -2.20. The van der Waals surface area contributed by atoms with Gasteiger partial charge in [0.2, 0.25) is 0 Å². The highest BCUT2D eigenvalue weighted by Gasteiger charge is 2.12. The largest absolute Gasteiger partial charge is 0.333 e. The Bertz CT molecular complexity index is 257. The van der Waals surface area contributed by atoms with Crippen LogP contribution < -0.4 is 5.32 Å². The zero-order valence-electron chi connectivity index (χ0n) is 8.96. The van der Waals surface area contributed by atoms with Gasteiger partial charge < -0.3 is 9.88 Å². The van der Waals surface area contributed by atoms with Crippen molar-refractivity contribution in [3.8, 4) is 0 Å². The van der Waals surface area contributed by atoms with Crippen LogP contribution in [0.3, 0.4) is 0 Å². The van der Waals surface area contributed by atoms with Gasteiger partial charge in [-0.15, -0.1) is 0 Å². The first-order valence-electron chi connectivity index (χ1n) is 4.66. The van der Waals surface area contributed by atoms with Crippen LogP contribution in [0.1, 0.15) is 26.5 Å². The number of rotatable bonds is 3. The van der Waals surface area contributed by atoms with E-state index in [0.717, 1.165) is 13.1 Å². The summed E-state index contributed by atoms with van der Waals surface area (Å²) in [6.07, 6.45) is 3.82. The first-order chi connectivity index (χ1) is 6.03. The lowest BCUT2D eigenvalue weighted by Crippen LogP contribution is -2.18. The molecule has 0 atom stereocenters. The van der Waals surface area contributed by atoms with Gasteiger partial charge in [0, 0.05) is 19.3 Å². The maximum atomic E-state index is 4.15. The summed E-state index contributed by atoms with van der Waals surface area (Å²) in [4.78, 5) is 4.15. The van der Waals surface area contributed by atoms with Crippen LogP contribution in [0.4, 0.5) is 0 Å². The van der Waals surface area contributed by atoms with E-state index in [-0.39, 0.29) is 0 Å². The minimum Gasteiger partial charge on any atom is -0.333 e. The fourth-order valence-corrected chi connectivity index (χ4v) is 1.33. The molecule has 1 aromatic heterocycles. The molecule has 3 heteroatoms. The number of hydrogen-bond donors (Lipinski definition) is 1. The van der Waals surface area contributed by atoms with Gasteiger partial charge in [0.05, 0.1) is 12.0 Å². The van der Waals surface area contributed by atoms with Crippen LogP contribution >= 0.6 is 0 Å². The predicted octanol–water partition coefficient (Wildman–Crippen LogP) is 1.65. The second kappa shape index (κ2) is 3.92. The van der Waals surface area contributed by atoms with Crippen LogP contribution in [-0.4, -0.2) is 16.6 Å². The summed E-state index contributed by atoms with van der Waals surface area (Å²) >= 11 is 0. The van der Waals surface area contributed by atoms with Crippen molar-refractivity contribution in [3.63, 3.8) is 0 Å². The molecule has 3 nitrogen and oxygen atoms in total. The van der Waals surface area contributed by atoms with Crippen LogP contribution in [0.25, 0.3) is 0 Å². The number of nitrogens with one attached hydrogen (secondary N) is 1. The summed E-state index contributed by atoms with van der Waals surface area (Å²) in [5.41, 5.74) is 1.56. The summed E-state index contributed by atoms with van der Waals surface area (Å²) in [6, 6.07) is 0. The molecular formula is C10H19N3. The molecule has 1 N–H and O–H groups in total. The molecule has 0 saturated carbocycles. The first kappa shape index (κ1) is 10.3. The number of imidazole rings is 1. The van der Waals surface area contributed by atoms with Crippen molar-refractivity contribution >= 4 is 0 Å². The van der Waals surface area contributed by atoms with E-state index in [0.29, 0.717) is 5.41 Å². The lowest BCUT2D eigenvalue weighted by molar-refractivity contribution is 0.337. The van der Waals surface area contributed by atoms with Crippen molar-refractivity contribution in [2.24, 2.45) is 5.41 Å². The van der Waals surface area contributed by atoms with Crippen molar-refractivity contribution in [3.05, 3.63) is 18.2 Å². The van der Waals surface area contributed by atoms with Crippen molar-refractivity contribution in [1.82, 2.24) is 14.9 Å². The van der Waals surface area contributed by atoms with Gasteiger partial charge in [-0.3, -0.25) is 0 Å². The zero-order valence-corrected chi connectivity index (χ0v) is 8.96. The van der Waals surface area contributed by atoms with E-state index in [1.807, 2.05) is 19.6 Å². The molecule has 0 amide bonds. The molecule has 1 rings (SSSR count). The zero-order chi connectivity index (χ0) is 9.90. The van der Waals surface area contributed by atoms with Gasteiger partial charge in [-0.1, -0.05) is 20.8 Å². The quantitative estimate of drug-likeness (QED) is 0.768. The average Bonchev–Trinajstić information content (AvgIpc) is 2.34. The molecule has 0 unspecified atom stereocenters. The Labute approximate surface area is 80.2 Å². The van der Waals surface area contributed by atoms with E-state index in [4.69, 9.17) is 0 Å². The van der Waals surface area contributed by atoms with Crippen LogP contribution in [0.5, 0.6) is 0 Å². The highest BCUT2D eigenvalue weighted by atomic mass is 15.1. The topological polar surface area (TPSA) is 29.9 Å². The Morgan fingerprint density at radius 2 is 2.15 bits per heavy atom. The summed E-state index contributed by atoms with van der Waals surface area (Å²) < 4.78 is 2.20. The third kappa shape index (κ3) is 3.19. The van der Waals surface area contributed by atoms with Crippen molar-refractivity contribution in [2.45, 2.75) is 33.9 Å². The van der Waals surface area contributed by atoms with Gasteiger partial charge in [-0.2, -0.15) is 0 Å². The Kier molecular flexibility index (Phi) is 3.09. The van der Waals surface area contributed by atoms with Gasteiger partial charge in [0.25, 0.3) is 0 Å². The molecule has 74 valence electrons. The van der Waals surface area contributed by atoms with Gasteiger partial charge in [-0.25, -0.2) is 4.98 Å². The SMILES string of the molecule is CNCc1cncn1CC(C)(C)C. The molecule has 0 aliphatic heterocycles. The smallest absolute Gasteiger partial charge is 0.0948 e. The molecule has 0 aliphatic carbocycles. The van der Waals surface area contributed by atoms with Crippen molar-refractivity contribution < 1.29 is 0 Å². The maximum Gasteiger partial charge on any atom is 0.0948 e. The van der Waals surface area contributed by atoms with Gasteiger partial charge >= 0.3 is 0 Å². The third-order valence-electron chi connectivity index (χ3n) is 1.80. The molecule has 0 fully saturated rings. The Morgan fingerprint density at radius 1 is 1.46 bits per heavy atom. The minimum absolute atomic E-state index is 0.309. The van der Waals surface area contributed by atoms with Gasteiger partial charge in [0.15, 0.2) is 0 Å². The van der Waals surface area contributed by atoms with Gasteiger partial charge in [-0.05, 0) is 12.5 Å². The summed E-state index contributed by atoms with van der Waals surface area (Å²) in [6.45, 7) is 8.60. The van der Waals surface area contributed by atoms with Crippen LogP contribution in [-0.2, 0) is 13.1 Å². The van der Waals surface area contributed by atoms with Crippen LogP contribution in [0.15, 0.2) is 12.5 Å². The van der Waals surface area contributed by atoms with E-state index >= 15 is 0 Å². The summed E-state index contributed by atoms with van der Waals surface area (Å²) in [5.74, 6) is 0. The molecular weight excluding hydrogens is 162 g/mol. The minimum atomic E-state index is 0.309. The number of nitrogens with zero attached hydrogens (tertiary/aromatic N) is 2. The molecule has 13 heavy (non-hydrogen) atoms. The monoisotopic (exact) mass is 181 g/mol. The van der Waals surface area contributed by atoms with E-state index in [2.05, 4.69) is 35.6 Å². The Balaban J connectivity index is 2.70. The normalized spacial score (nSPS) is 12.0. The predicted molar refractivity (Wildman–Crippen MR) is 54.4 cm³/mol. The molecule has 0 spiro atoms. The van der Waals surface area contributed by atoms with Crippen molar-refractivity contribution in [1.29, 1.82) is 0 Å². The highest BCUT2D eigenvalue weighted by Crippen LogP contribution is 2.17. The molecule has 1 aromatic rings. The molecule has 0 saturated heterocycles. The molecule has 0 aromatic carbocycles. The summed E-state index contributed by atoms with van der Waals surface area (Å²) in [7, 11) is 1.95. The second-order valence-corrected chi connectivity index (χ2v) is 4.60. The van der Waals surface area contributed by atoms with Crippen LogP contribution in [0, 0.1) is 5.41 Å². The highest BCUT2D eigenvalue weighted by molar-refractivity contribution is 4.98. The van der Waals surface area contributed by atoms with E-state index in [1.165, 1.54) is 5.69 Å². The molecule has 0 bridgehead atoms.